The monoisotopic (exact) mass is 535 g/mol. The van der Waals surface area contributed by atoms with E-state index in [1.807, 2.05) is 19.9 Å². The Morgan fingerprint density at radius 1 is 0.789 bits per heavy atom. The maximum Gasteiger partial charge on any atom is 0.303 e. The number of benzene rings is 1. The number of aliphatic carboxylic acids is 1. The third-order valence-electron chi connectivity index (χ3n) is 5.07. The van der Waals surface area contributed by atoms with Crippen LogP contribution in [0.25, 0.3) is 0 Å². The fraction of sp³-hybridized carbons (Fsp3) is 0.538. The molecular weight excluding hydrogens is 494 g/mol. The zero-order chi connectivity index (χ0) is 28.9. The van der Waals surface area contributed by atoms with Crippen LogP contribution in [0.4, 0.5) is 0 Å². The summed E-state index contributed by atoms with van der Waals surface area (Å²) < 4.78 is 0. The summed E-state index contributed by atoms with van der Waals surface area (Å²) >= 11 is 0. The third kappa shape index (κ3) is 15.3. The quantitative estimate of drug-likeness (QED) is 0.160. The highest BCUT2D eigenvalue weighted by Gasteiger charge is 2.22. The Kier molecular flexibility index (Phi) is 18.3. The van der Waals surface area contributed by atoms with E-state index < -0.39 is 54.8 Å². The van der Waals surface area contributed by atoms with Crippen molar-refractivity contribution in [1.29, 1.82) is 0 Å². The lowest BCUT2D eigenvalue weighted by atomic mass is 10.1. The second kappa shape index (κ2) is 20.3. The number of ketones is 1. The van der Waals surface area contributed by atoms with Crippen molar-refractivity contribution < 1.29 is 33.9 Å². The van der Waals surface area contributed by atoms with Crippen LogP contribution in [0.2, 0.25) is 0 Å². The van der Waals surface area contributed by atoms with Crippen molar-refractivity contribution in [3.8, 4) is 0 Å². The first kappa shape index (κ1) is 34.2. The maximum atomic E-state index is 12.6. The van der Waals surface area contributed by atoms with Gasteiger partial charge in [0.15, 0.2) is 5.78 Å². The van der Waals surface area contributed by atoms with E-state index in [4.69, 9.17) is 5.11 Å². The Morgan fingerprint density at radius 2 is 1.37 bits per heavy atom. The summed E-state index contributed by atoms with van der Waals surface area (Å²) in [5.74, 6) is -3.50. The minimum absolute atomic E-state index is 0.0632. The Hall–Kier alpha value is -3.80. The summed E-state index contributed by atoms with van der Waals surface area (Å²) in [5, 5.41) is 21.5. The summed E-state index contributed by atoms with van der Waals surface area (Å²) in [6, 6.07) is 7.27. The number of nitrogens with one attached hydrogen (secondary N) is 5. The van der Waals surface area contributed by atoms with Crippen LogP contribution in [0.1, 0.15) is 52.5 Å². The molecule has 6 N–H and O–H groups in total. The van der Waals surface area contributed by atoms with E-state index in [1.54, 1.807) is 38.1 Å². The second-order valence-corrected chi connectivity index (χ2v) is 7.96. The van der Waals surface area contributed by atoms with E-state index in [2.05, 4.69) is 26.6 Å². The van der Waals surface area contributed by atoms with Crippen molar-refractivity contribution in [2.75, 3.05) is 26.2 Å². The van der Waals surface area contributed by atoms with Crippen molar-refractivity contribution in [2.24, 2.45) is 0 Å². The average Bonchev–Trinajstić information content (AvgIpc) is 2.92. The first-order valence-corrected chi connectivity index (χ1v) is 12.8. The first-order valence-electron chi connectivity index (χ1n) is 12.8. The largest absolute Gasteiger partial charge is 0.481 e. The van der Waals surface area contributed by atoms with E-state index in [0.29, 0.717) is 6.54 Å². The summed E-state index contributed by atoms with van der Waals surface area (Å²) in [7, 11) is 0. The van der Waals surface area contributed by atoms with Gasteiger partial charge in [0.1, 0.15) is 6.04 Å². The zero-order valence-corrected chi connectivity index (χ0v) is 22.6. The topological polar surface area (TPSA) is 183 Å². The lowest BCUT2D eigenvalue weighted by molar-refractivity contribution is -0.137. The number of carboxylic acids is 1. The van der Waals surface area contributed by atoms with Crippen LogP contribution in [0.15, 0.2) is 30.3 Å². The van der Waals surface area contributed by atoms with Gasteiger partial charge < -0.3 is 31.7 Å². The minimum atomic E-state index is -1.04. The first-order chi connectivity index (χ1) is 18.2. The van der Waals surface area contributed by atoms with Crippen molar-refractivity contribution in [1.82, 2.24) is 26.6 Å². The molecule has 0 saturated heterocycles. The molecule has 0 aliphatic heterocycles. The van der Waals surface area contributed by atoms with Crippen molar-refractivity contribution in [3.05, 3.63) is 35.9 Å². The Labute approximate surface area is 223 Å². The van der Waals surface area contributed by atoms with E-state index in [0.717, 1.165) is 5.56 Å². The molecule has 0 aliphatic carbocycles. The average molecular weight is 536 g/mol. The molecule has 12 nitrogen and oxygen atoms in total. The van der Waals surface area contributed by atoms with Crippen LogP contribution in [0, 0.1) is 0 Å². The SMILES string of the molecule is CC.CCNC(CCC(=O)O)C(=O)NCC(=O)NCC(=O)NC(Cc1ccccc1)C(=O)NCC(=O)CC. The fourth-order valence-corrected chi connectivity index (χ4v) is 3.11. The van der Waals surface area contributed by atoms with E-state index in [9.17, 15) is 28.8 Å². The molecule has 0 aromatic heterocycles. The highest BCUT2D eigenvalue weighted by Crippen LogP contribution is 2.04. The predicted octanol–water partition coefficient (Wildman–Crippen LogP) is -0.0893. The van der Waals surface area contributed by atoms with Crippen LogP contribution < -0.4 is 26.6 Å². The lowest BCUT2D eigenvalue weighted by Gasteiger charge is -2.19. The molecule has 12 heteroatoms. The van der Waals surface area contributed by atoms with Crippen molar-refractivity contribution in [3.63, 3.8) is 0 Å². The molecular formula is C26H41N5O7. The Morgan fingerprint density at radius 3 is 1.95 bits per heavy atom. The summed E-state index contributed by atoms with van der Waals surface area (Å²) in [6.07, 6.45) is 0.313. The van der Waals surface area contributed by atoms with Crippen LogP contribution in [0.5, 0.6) is 0 Å². The highest BCUT2D eigenvalue weighted by molar-refractivity contribution is 5.93. The minimum Gasteiger partial charge on any atom is -0.481 e. The van der Waals surface area contributed by atoms with Crippen molar-refractivity contribution >= 4 is 35.4 Å². The molecule has 0 fully saturated rings. The van der Waals surface area contributed by atoms with Crippen LogP contribution in [-0.2, 0) is 35.2 Å². The molecule has 0 spiro atoms. The normalized spacial score (nSPS) is 11.6. The molecule has 0 bridgehead atoms. The molecule has 0 heterocycles. The summed E-state index contributed by atoms with van der Waals surface area (Å²) in [4.78, 5) is 71.6. The number of amides is 4. The van der Waals surface area contributed by atoms with Crippen LogP contribution in [0.3, 0.4) is 0 Å². The van der Waals surface area contributed by atoms with Gasteiger partial charge in [0.25, 0.3) is 0 Å². The van der Waals surface area contributed by atoms with Gasteiger partial charge in [-0.05, 0) is 18.5 Å². The number of carbonyl (C=O) groups is 6. The summed E-state index contributed by atoms with van der Waals surface area (Å²) in [5.41, 5.74) is 0.796. The smallest absolute Gasteiger partial charge is 0.303 e. The molecule has 0 radical (unpaired) electrons. The number of Topliss-reactive ketones (excluding diaryl/α,β-unsaturated/α-hetero) is 1. The number of likely N-dealkylation sites (N-methyl/N-ethyl adjacent to an activating group) is 1. The number of carbonyl (C=O) groups excluding carboxylic acids is 5. The van der Waals surface area contributed by atoms with Gasteiger partial charge in [-0.15, -0.1) is 0 Å². The molecule has 1 aromatic carbocycles. The molecule has 1 aromatic rings. The molecule has 0 saturated carbocycles. The standard InChI is InChI=1S/C24H35N5O7.C2H6/c1-3-17(30)13-27-24(36)19(12-16-8-6-5-7-9-16)29-21(32)15-26-20(31)14-28-23(35)18(25-4-2)10-11-22(33)34;1-2/h5-9,18-19,25H,3-4,10-15H2,1-2H3,(H,26,31)(H,27,36)(H,28,35)(H,29,32)(H,33,34);1-2H3. The van der Waals surface area contributed by atoms with Gasteiger partial charge in [-0.3, -0.25) is 28.8 Å². The van der Waals surface area contributed by atoms with Gasteiger partial charge in [0, 0.05) is 19.3 Å². The molecule has 38 heavy (non-hydrogen) atoms. The highest BCUT2D eigenvalue weighted by atomic mass is 16.4. The predicted molar refractivity (Wildman–Crippen MR) is 142 cm³/mol. The second-order valence-electron chi connectivity index (χ2n) is 7.96. The van der Waals surface area contributed by atoms with E-state index in [-0.39, 0.29) is 38.0 Å². The van der Waals surface area contributed by atoms with Gasteiger partial charge in [0.05, 0.1) is 25.7 Å². The number of hydrogen-bond donors (Lipinski definition) is 6. The van der Waals surface area contributed by atoms with Crippen LogP contribution >= 0.6 is 0 Å². The molecule has 212 valence electrons. The Balaban J connectivity index is 0.00000667. The molecule has 2 unspecified atom stereocenters. The number of carboxylic acid groups (broad SMARTS) is 1. The number of hydrogen-bond acceptors (Lipinski definition) is 7. The van der Waals surface area contributed by atoms with Gasteiger partial charge >= 0.3 is 5.97 Å². The van der Waals surface area contributed by atoms with Gasteiger partial charge in [-0.2, -0.15) is 0 Å². The fourth-order valence-electron chi connectivity index (χ4n) is 3.11. The lowest BCUT2D eigenvalue weighted by Crippen LogP contribution is -2.52. The van der Waals surface area contributed by atoms with Gasteiger partial charge in [-0.25, -0.2) is 0 Å². The van der Waals surface area contributed by atoms with Crippen LogP contribution in [-0.4, -0.2) is 78.8 Å². The van der Waals surface area contributed by atoms with E-state index >= 15 is 0 Å². The Bertz CT molecular complexity index is 909. The molecule has 1 rings (SSSR count). The molecule has 2 atom stereocenters. The molecule has 0 aliphatic rings. The summed E-state index contributed by atoms with van der Waals surface area (Å²) in [6.45, 7) is 6.89. The van der Waals surface area contributed by atoms with Gasteiger partial charge in [0.2, 0.25) is 23.6 Å². The van der Waals surface area contributed by atoms with E-state index in [1.165, 1.54) is 0 Å². The number of rotatable bonds is 17. The molecule has 4 amide bonds. The third-order valence-corrected chi connectivity index (χ3v) is 5.07. The zero-order valence-electron chi connectivity index (χ0n) is 22.6. The van der Waals surface area contributed by atoms with Gasteiger partial charge in [-0.1, -0.05) is 58.0 Å². The van der Waals surface area contributed by atoms with Crippen molar-refractivity contribution in [2.45, 2.75) is 65.5 Å². The maximum absolute atomic E-state index is 12.6.